The fourth-order valence-electron chi connectivity index (χ4n) is 8.67. The van der Waals surface area contributed by atoms with Crippen LogP contribution in [0, 0.1) is 27.7 Å². The van der Waals surface area contributed by atoms with Crippen LogP contribution < -0.4 is 0 Å². The molecule has 6 nitrogen and oxygen atoms in total. The van der Waals surface area contributed by atoms with E-state index in [-0.39, 0.29) is 0 Å². The smallest absolute Gasteiger partial charge is 0.138 e. The van der Waals surface area contributed by atoms with Crippen LogP contribution in [0.4, 0.5) is 0 Å². The molecule has 6 heterocycles. The van der Waals surface area contributed by atoms with E-state index in [0.717, 1.165) is 116 Å². The minimum absolute atomic E-state index is 0.777. The summed E-state index contributed by atoms with van der Waals surface area (Å²) in [5.74, 6) is 0.777. The Bertz CT molecular complexity index is 3250. The molecular formula is C55H41BrN6. The summed E-state index contributed by atoms with van der Waals surface area (Å²) in [4.78, 5) is 28.2. The van der Waals surface area contributed by atoms with Crippen LogP contribution in [-0.4, -0.2) is 29.9 Å². The first kappa shape index (κ1) is 37.6. The monoisotopic (exact) mass is 864 g/mol. The molecule has 0 atom stereocenters. The molecule has 5 aromatic carbocycles. The fourth-order valence-corrected chi connectivity index (χ4v) is 8.93. The molecule has 7 heteroatoms. The highest BCUT2D eigenvalue weighted by Crippen LogP contribution is 2.42. The molecule has 62 heavy (non-hydrogen) atoms. The lowest BCUT2D eigenvalue weighted by Crippen LogP contribution is -1.91. The molecule has 0 radical (unpaired) electrons. The van der Waals surface area contributed by atoms with E-state index in [9.17, 15) is 0 Å². The van der Waals surface area contributed by atoms with E-state index >= 15 is 0 Å². The third kappa shape index (κ3) is 6.62. The number of rotatable bonds is 5. The van der Waals surface area contributed by atoms with Crippen LogP contribution in [0.1, 0.15) is 45.0 Å². The lowest BCUT2D eigenvalue weighted by Gasteiger charge is -2.08. The Balaban J connectivity index is 1.37. The van der Waals surface area contributed by atoms with Gasteiger partial charge in [-0.3, -0.25) is 0 Å². The Labute approximate surface area is 368 Å². The maximum absolute atomic E-state index is 5.55. The number of aryl methyl sites for hydroxylation is 4. The molecule has 0 saturated heterocycles. The fraction of sp³-hybridized carbons (Fsp3) is 0.0727. The van der Waals surface area contributed by atoms with Gasteiger partial charge in [-0.2, -0.15) is 0 Å². The van der Waals surface area contributed by atoms with Crippen LogP contribution in [0.15, 0.2) is 138 Å². The molecule has 0 fully saturated rings. The normalized spacial score (nSPS) is 12.1. The van der Waals surface area contributed by atoms with Gasteiger partial charge in [0.25, 0.3) is 0 Å². The second-order valence-corrected chi connectivity index (χ2v) is 17.3. The van der Waals surface area contributed by atoms with Gasteiger partial charge in [-0.05, 0) is 98.5 Å². The quantitative estimate of drug-likeness (QED) is 0.161. The number of nitrogens with zero attached hydrogens (tertiary/aromatic N) is 3. The maximum Gasteiger partial charge on any atom is 0.138 e. The molecule has 4 aromatic heterocycles. The summed E-state index contributed by atoms with van der Waals surface area (Å²) in [6, 6.07) is 47.5. The molecule has 298 valence electrons. The van der Waals surface area contributed by atoms with Gasteiger partial charge in [-0.15, -0.1) is 0 Å². The van der Waals surface area contributed by atoms with Crippen LogP contribution in [0.3, 0.4) is 0 Å². The van der Waals surface area contributed by atoms with Gasteiger partial charge in [0, 0.05) is 43.3 Å². The number of aromatic amines is 3. The average molecular weight is 866 g/mol. The molecule has 2 aliphatic heterocycles. The number of fused-ring (bicyclic) bond motifs is 11. The molecule has 0 unspecified atom stereocenters. The standard InChI is InChI=1S/C55H41BrN6/c1-31-5-13-35(14-6-31)47-41-25-26-42(57-41)48(36-15-7-32(2)8-16-36)44-28-30-46(59-44)50(38-19-11-34(4)12-20-38)52-54-53(61-55(62-54)39-21-23-40(56)24-22-39)51(60-52)49(45-29-27-43(47)58-45)37-17-9-33(3)10-18-37/h5-30,57,60H,1-4H3,(H,61,62). The van der Waals surface area contributed by atoms with E-state index < -0.39 is 0 Å². The highest BCUT2D eigenvalue weighted by molar-refractivity contribution is 9.10. The highest BCUT2D eigenvalue weighted by Gasteiger charge is 2.23. The Morgan fingerprint density at radius 3 is 1.15 bits per heavy atom. The van der Waals surface area contributed by atoms with Gasteiger partial charge in [-0.25, -0.2) is 15.0 Å². The molecule has 9 aromatic rings. The van der Waals surface area contributed by atoms with Crippen molar-refractivity contribution in [1.82, 2.24) is 29.9 Å². The van der Waals surface area contributed by atoms with Crippen molar-refractivity contribution in [3.05, 3.63) is 183 Å². The Kier molecular flexibility index (Phi) is 9.09. The summed E-state index contributed by atoms with van der Waals surface area (Å²) in [6.45, 7) is 8.48. The number of halogens is 1. The zero-order valence-corrected chi connectivity index (χ0v) is 36.3. The van der Waals surface area contributed by atoms with Crippen LogP contribution >= 0.6 is 15.9 Å². The molecule has 0 spiro atoms. The van der Waals surface area contributed by atoms with Gasteiger partial charge in [0.2, 0.25) is 0 Å². The van der Waals surface area contributed by atoms with Gasteiger partial charge in [0.05, 0.1) is 39.3 Å². The van der Waals surface area contributed by atoms with Crippen molar-refractivity contribution in [1.29, 1.82) is 0 Å². The minimum atomic E-state index is 0.777. The van der Waals surface area contributed by atoms with E-state index in [1.165, 1.54) is 22.3 Å². The van der Waals surface area contributed by atoms with Gasteiger partial charge < -0.3 is 15.0 Å². The van der Waals surface area contributed by atoms with Crippen molar-refractivity contribution < 1.29 is 0 Å². The first-order valence-electron chi connectivity index (χ1n) is 20.9. The predicted molar refractivity (Wildman–Crippen MR) is 262 cm³/mol. The molecule has 0 saturated carbocycles. The van der Waals surface area contributed by atoms with Crippen molar-refractivity contribution in [2.45, 2.75) is 27.7 Å². The second-order valence-electron chi connectivity index (χ2n) is 16.4. The zero-order chi connectivity index (χ0) is 42.1. The number of H-pyrrole nitrogens is 3. The molecular weight excluding hydrogens is 825 g/mol. The SMILES string of the molecule is Cc1ccc(-c2c3nc(c(-c4ccc(C)cc4)c4[nH]c(c(-c5ccc(C)cc5)c5nc(c(-c6ccc(C)cc6)c6ccc2[nH]6)C=C5)c2[nH]c(-c5ccc(Br)cc5)nc42)C=C3)cc1. The second kappa shape index (κ2) is 15.0. The van der Waals surface area contributed by atoms with E-state index in [1.54, 1.807) is 0 Å². The molecule has 3 N–H and O–H groups in total. The van der Waals surface area contributed by atoms with Crippen molar-refractivity contribution in [2.24, 2.45) is 0 Å². The minimum Gasteiger partial charge on any atom is -0.354 e. The number of nitrogens with one attached hydrogen (secondary N) is 3. The maximum atomic E-state index is 5.55. The lowest BCUT2D eigenvalue weighted by molar-refractivity contribution is 1.30. The van der Waals surface area contributed by atoms with Crippen molar-refractivity contribution in [3.63, 3.8) is 0 Å². The third-order valence-corrected chi connectivity index (χ3v) is 12.5. The summed E-state index contributed by atoms with van der Waals surface area (Å²) in [6.07, 6.45) is 8.60. The van der Waals surface area contributed by atoms with Gasteiger partial charge in [0.15, 0.2) is 0 Å². The number of imidazole rings is 1. The highest BCUT2D eigenvalue weighted by atomic mass is 79.9. The van der Waals surface area contributed by atoms with Crippen molar-refractivity contribution >= 4 is 73.3 Å². The zero-order valence-electron chi connectivity index (χ0n) is 34.7. The average Bonchev–Trinajstić information content (AvgIpc) is 4.14. The first-order valence-corrected chi connectivity index (χ1v) is 21.7. The summed E-state index contributed by atoms with van der Waals surface area (Å²) in [5.41, 5.74) is 22.8. The lowest BCUT2D eigenvalue weighted by atomic mass is 10.0. The Hall–Kier alpha value is -7.35. The molecule has 8 bridgehead atoms. The third-order valence-electron chi connectivity index (χ3n) is 11.9. The number of benzene rings is 5. The van der Waals surface area contributed by atoms with Gasteiger partial charge in [0.1, 0.15) is 11.3 Å². The summed E-state index contributed by atoms with van der Waals surface area (Å²) in [5, 5.41) is 0. The predicted octanol–water partition coefficient (Wildman–Crippen LogP) is 14.9. The number of aromatic nitrogens is 6. The van der Waals surface area contributed by atoms with Crippen LogP contribution in [-0.2, 0) is 0 Å². The number of hydrogen-bond acceptors (Lipinski definition) is 3. The summed E-state index contributed by atoms with van der Waals surface area (Å²) in [7, 11) is 0. The first-order chi connectivity index (χ1) is 30.2. The Morgan fingerprint density at radius 1 is 0.339 bits per heavy atom. The van der Waals surface area contributed by atoms with E-state index in [0.29, 0.717) is 0 Å². The summed E-state index contributed by atoms with van der Waals surface area (Å²) < 4.78 is 1.01. The van der Waals surface area contributed by atoms with Crippen LogP contribution in [0.25, 0.3) is 113 Å². The molecule has 2 aliphatic rings. The topological polar surface area (TPSA) is 86.0 Å². The molecule has 0 amide bonds. The summed E-state index contributed by atoms with van der Waals surface area (Å²) >= 11 is 3.63. The number of hydrogen-bond donors (Lipinski definition) is 3. The van der Waals surface area contributed by atoms with E-state index in [1.807, 2.05) is 0 Å². The van der Waals surface area contributed by atoms with E-state index in [4.69, 9.17) is 15.0 Å². The molecule has 11 rings (SSSR count). The van der Waals surface area contributed by atoms with Crippen molar-refractivity contribution in [3.8, 4) is 55.9 Å². The van der Waals surface area contributed by atoms with Crippen LogP contribution in [0.2, 0.25) is 0 Å². The molecule has 0 aliphatic carbocycles. The van der Waals surface area contributed by atoms with Crippen LogP contribution in [0.5, 0.6) is 0 Å². The largest absolute Gasteiger partial charge is 0.354 e. The Morgan fingerprint density at radius 2 is 0.710 bits per heavy atom. The van der Waals surface area contributed by atoms with Gasteiger partial charge in [-0.1, -0.05) is 147 Å². The van der Waals surface area contributed by atoms with Gasteiger partial charge >= 0.3 is 0 Å². The van der Waals surface area contributed by atoms with Crippen molar-refractivity contribution in [2.75, 3.05) is 0 Å². The van der Waals surface area contributed by atoms with E-state index in [2.05, 4.69) is 216 Å².